The van der Waals surface area contributed by atoms with Crippen molar-refractivity contribution in [2.24, 2.45) is 0 Å². The van der Waals surface area contributed by atoms with Crippen molar-refractivity contribution in [1.29, 1.82) is 0 Å². The third-order valence-electron chi connectivity index (χ3n) is 3.45. The summed E-state index contributed by atoms with van der Waals surface area (Å²) in [5, 5.41) is 13.5. The van der Waals surface area contributed by atoms with Crippen molar-refractivity contribution in [2.75, 3.05) is 31.5 Å². The van der Waals surface area contributed by atoms with E-state index in [9.17, 15) is 4.79 Å². The topological polar surface area (TPSA) is 83.3 Å². The molecule has 0 aliphatic carbocycles. The van der Waals surface area contributed by atoms with Gasteiger partial charge in [0.05, 0.1) is 6.54 Å². The Bertz CT molecular complexity index is 428. The van der Waals surface area contributed by atoms with Crippen LogP contribution in [0.3, 0.4) is 0 Å². The summed E-state index contributed by atoms with van der Waals surface area (Å²) in [7, 11) is 0. The smallest absolute Gasteiger partial charge is 0.322 e. The second-order valence-electron chi connectivity index (χ2n) is 5.13. The van der Waals surface area contributed by atoms with E-state index in [1.165, 1.54) is 0 Å². The average molecular weight is 281 g/mol. The monoisotopic (exact) mass is 281 g/mol. The largest absolute Gasteiger partial charge is 0.408 e. The number of rotatable bonds is 6. The Kier molecular flexibility index (Phi) is 5.49. The van der Waals surface area contributed by atoms with Crippen molar-refractivity contribution in [1.82, 2.24) is 20.4 Å². The maximum Gasteiger partial charge on any atom is 0.322 e. The number of carbonyl (C=O) groups excluding carboxylic acids is 1. The molecule has 1 fully saturated rings. The summed E-state index contributed by atoms with van der Waals surface area (Å²) >= 11 is 0. The zero-order chi connectivity index (χ0) is 14.4. The Labute approximate surface area is 119 Å². The van der Waals surface area contributed by atoms with Crippen LogP contribution in [0.4, 0.5) is 6.01 Å². The summed E-state index contributed by atoms with van der Waals surface area (Å²) in [5.41, 5.74) is 0. The second kappa shape index (κ2) is 7.35. The minimum Gasteiger partial charge on any atom is -0.408 e. The summed E-state index contributed by atoms with van der Waals surface area (Å²) in [6.07, 6.45) is 3.22. The number of carbonyl (C=O) groups is 1. The number of hydrogen-bond donors (Lipinski definition) is 2. The van der Waals surface area contributed by atoms with Crippen LogP contribution in [0, 0.1) is 6.92 Å². The van der Waals surface area contributed by atoms with Crippen LogP contribution in [0.25, 0.3) is 0 Å². The predicted octanol–water partition coefficient (Wildman–Crippen LogP) is 0.781. The summed E-state index contributed by atoms with van der Waals surface area (Å²) in [6.45, 7) is 7.18. The van der Waals surface area contributed by atoms with Gasteiger partial charge in [0.25, 0.3) is 0 Å². The van der Waals surface area contributed by atoms with Gasteiger partial charge >= 0.3 is 6.01 Å². The van der Waals surface area contributed by atoms with Gasteiger partial charge in [-0.05, 0) is 38.9 Å². The zero-order valence-corrected chi connectivity index (χ0v) is 12.2. The number of anilines is 1. The van der Waals surface area contributed by atoms with E-state index in [-0.39, 0.29) is 11.9 Å². The first-order valence-corrected chi connectivity index (χ1v) is 7.23. The van der Waals surface area contributed by atoms with Gasteiger partial charge in [-0.2, -0.15) is 0 Å². The maximum atomic E-state index is 12.1. The fourth-order valence-corrected chi connectivity index (χ4v) is 2.54. The molecule has 0 spiro atoms. The molecule has 20 heavy (non-hydrogen) atoms. The molecule has 1 saturated heterocycles. The van der Waals surface area contributed by atoms with Crippen molar-refractivity contribution in [2.45, 2.75) is 39.2 Å². The molecule has 1 aromatic heterocycles. The minimum absolute atomic E-state index is 0.0966. The van der Waals surface area contributed by atoms with Crippen molar-refractivity contribution in [3.05, 3.63) is 5.89 Å². The summed E-state index contributed by atoms with van der Waals surface area (Å²) in [4.78, 5) is 14.3. The van der Waals surface area contributed by atoms with Gasteiger partial charge in [0.1, 0.15) is 0 Å². The van der Waals surface area contributed by atoms with Crippen LogP contribution >= 0.6 is 0 Å². The molecule has 2 heterocycles. The number of aromatic nitrogens is 2. The zero-order valence-electron chi connectivity index (χ0n) is 12.2. The van der Waals surface area contributed by atoms with Gasteiger partial charge in [-0.25, -0.2) is 0 Å². The Morgan fingerprint density at radius 1 is 1.45 bits per heavy atom. The molecule has 1 aliphatic rings. The quantitative estimate of drug-likeness (QED) is 0.802. The highest BCUT2D eigenvalue weighted by Gasteiger charge is 2.22. The van der Waals surface area contributed by atoms with Gasteiger partial charge in [0, 0.05) is 13.0 Å². The van der Waals surface area contributed by atoms with Gasteiger partial charge in [-0.15, -0.1) is 5.10 Å². The van der Waals surface area contributed by atoms with Crippen molar-refractivity contribution in [3.63, 3.8) is 0 Å². The molecule has 0 bridgehead atoms. The molecule has 1 aliphatic heterocycles. The minimum atomic E-state index is -0.0966. The lowest BCUT2D eigenvalue weighted by molar-refractivity contribution is -0.118. The van der Waals surface area contributed by atoms with E-state index in [2.05, 4.69) is 32.7 Å². The van der Waals surface area contributed by atoms with Gasteiger partial charge in [-0.3, -0.25) is 15.0 Å². The molecule has 112 valence electrons. The van der Waals surface area contributed by atoms with Crippen LogP contribution in [0.1, 0.15) is 32.1 Å². The number of piperidine rings is 1. The van der Waals surface area contributed by atoms with Crippen LogP contribution in [-0.4, -0.2) is 53.2 Å². The van der Waals surface area contributed by atoms with E-state index in [0.29, 0.717) is 18.5 Å². The van der Waals surface area contributed by atoms with E-state index in [4.69, 9.17) is 4.42 Å². The van der Waals surface area contributed by atoms with E-state index in [1.807, 2.05) is 0 Å². The van der Waals surface area contributed by atoms with E-state index in [1.54, 1.807) is 6.92 Å². The molecule has 7 nitrogen and oxygen atoms in total. The van der Waals surface area contributed by atoms with E-state index >= 15 is 0 Å². The molecule has 0 unspecified atom stereocenters. The number of nitrogens with one attached hydrogen (secondary N) is 2. The Morgan fingerprint density at radius 2 is 2.20 bits per heavy atom. The SMILES string of the molecule is CCCN(CC(=O)Nc1nnc(C)o1)C1CCNCC1. The molecule has 2 rings (SSSR count). The number of amides is 1. The van der Waals surface area contributed by atoms with E-state index in [0.717, 1.165) is 38.9 Å². The number of nitrogens with zero attached hydrogens (tertiary/aromatic N) is 3. The van der Waals surface area contributed by atoms with E-state index < -0.39 is 0 Å². The van der Waals surface area contributed by atoms with Gasteiger partial charge in [0.15, 0.2) is 0 Å². The first kappa shape index (κ1) is 14.9. The number of aryl methyl sites for hydroxylation is 1. The Balaban J connectivity index is 1.87. The highest BCUT2D eigenvalue weighted by atomic mass is 16.4. The van der Waals surface area contributed by atoms with Crippen LogP contribution in [0.15, 0.2) is 4.42 Å². The Morgan fingerprint density at radius 3 is 2.80 bits per heavy atom. The lowest BCUT2D eigenvalue weighted by Gasteiger charge is -2.33. The number of hydrogen-bond acceptors (Lipinski definition) is 6. The lowest BCUT2D eigenvalue weighted by atomic mass is 10.0. The average Bonchev–Trinajstić information content (AvgIpc) is 2.84. The molecule has 0 aromatic carbocycles. The van der Waals surface area contributed by atoms with Crippen LogP contribution < -0.4 is 10.6 Å². The normalized spacial score (nSPS) is 16.6. The molecule has 1 aromatic rings. The van der Waals surface area contributed by atoms with Gasteiger partial charge in [0.2, 0.25) is 11.8 Å². The molecule has 0 atom stereocenters. The molecule has 2 N–H and O–H groups in total. The third-order valence-corrected chi connectivity index (χ3v) is 3.45. The van der Waals surface area contributed by atoms with Gasteiger partial charge < -0.3 is 9.73 Å². The molecule has 0 saturated carbocycles. The molecular formula is C13H23N5O2. The van der Waals surface area contributed by atoms with Crippen LogP contribution in [-0.2, 0) is 4.79 Å². The van der Waals surface area contributed by atoms with Gasteiger partial charge in [-0.1, -0.05) is 12.0 Å². The highest BCUT2D eigenvalue weighted by Crippen LogP contribution is 2.12. The fourth-order valence-electron chi connectivity index (χ4n) is 2.54. The van der Waals surface area contributed by atoms with Crippen molar-refractivity contribution < 1.29 is 9.21 Å². The lowest BCUT2D eigenvalue weighted by Crippen LogP contribution is -2.46. The first-order valence-electron chi connectivity index (χ1n) is 7.23. The molecule has 0 radical (unpaired) electrons. The second-order valence-corrected chi connectivity index (χ2v) is 5.13. The summed E-state index contributed by atoms with van der Waals surface area (Å²) < 4.78 is 5.16. The van der Waals surface area contributed by atoms with Crippen LogP contribution in [0.5, 0.6) is 0 Å². The highest BCUT2D eigenvalue weighted by molar-refractivity contribution is 5.90. The van der Waals surface area contributed by atoms with Crippen molar-refractivity contribution in [3.8, 4) is 0 Å². The molecule has 7 heteroatoms. The fraction of sp³-hybridized carbons (Fsp3) is 0.769. The molecular weight excluding hydrogens is 258 g/mol. The van der Waals surface area contributed by atoms with Crippen LogP contribution in [0.2, 0.25) is 0 Å². The Hall–Kier alpha value is -1.47. The maximum absolute atomic E-state index is 12.1. The summed E-state index contributed by atoms with van der Waals surface area (Å²) in [6, 6.07) is 0.653. The standard InChI is InChI=1S/C13H23N5O2/c1-3-8-18(11-4-6-14-7-5-11)9-12(19)15-13-17-16-10(2)20-13/h11,14H,3-9H2,1-2H3,(H,15,17,19). The summed E-state index contributed by atoms with van der Waals surface area (Å²) in [5.74, 6) is 0.352. The first-order chi connectivity index (χ1) is 9.69. The molecule has 1 amide bonds. The predicted molar refractivity (Wildman–Crippen MR) is 75.4 cm³/mol. The van der Waals surface area contributed by atoms with Crippen molar-refractivity contribution >= 4 is 11.9 Å². The third kappa shape index (κ3) is 4.28.